The van der Waals surface area contributed by atoms with Gasteiger partial charge in [0.1, 0.15) is 16.8 Å². The summed E-state index contributed by atoms with van der Waals surface area (Å²) in [6.07, 6.45) is 4.50. The first kappa shape index (κ1) is 26.0. The Bertz CT molecular complexity index is 1000. The van der Waals surface area contributed by atoms with Crippen LogP contribution in [0.5, 0.6) is 0 Å². The number of nitrogens with zero attached hydrogens (tertiary/aromatic N) is 4. The van der Waals surface area contributed by atoms with Crippen LogP contribution in [0.1, 0.15) is 54.4 Å². The van der Waals surface area contributed by atoms with E-state index in [-0.39, 0.29) is 22.8 Å². The summed E-state index contributed by atoms with van der Waals surface area (Å²) in [5, 5.41) is 0.258. The van der Waals surface area contributed by atoms with E-state index in [1.54, 1.807) is 32.3 Å². The monoisotopic (exact) mass is 486 g/mol. The van der Waals surface area contributed by atoms with Crippen molar-refractivity contribution in [2.24, 2.45) is 5.92 Å². The molecule has 7 heteroatoms. The molecule has 1 amide bonds. The van der Waals surface area contributed by atoms with Crippen LogP contribution in [-0.4, -0.2) is 61.5 Å². The fourth-order valence-electron chi connectivity index (χ4n) is 4.51. The smallest absolute Gasteiger partial charge is 0.256 e. The number of carbonyl (C=O) groups excluding carboxylic acids is 1. The first-order valence-electron chi connectivity index (χ1n) is 12.0. The number of anilines is 1. The standard InChI is InChI=1S/C27H36ClFN4O/c1-19(22-9-6-10-23(29)18-22)20(2)32(5)15-7-8-21-13-16-33(17-14-21)25-12-11-24(26(28)30-25)27(34)31(3)4/h6,9-12,18-19,21H,2,7-8,13-17H2,1,3-5H3. The molecule has 2 aromatic rings. The minimum absolute atomic E-state index is 0.0858. The molecule has 0 radical (unpaired) electrons. The van der Waals surface area contributed by atoms with Gasteiger partial charge in [0, 0.05) is 52.4 Å². The zero-order valence-corrected chi connectivity index (χ0v) is 21.5. The topological polar surface area (TPSA) is 39.7 Å². The van der Waals surface area contributed by atoms with Crippen LogP contribution >= 0.6 is 11.6 Å². The quantitative estimate of drug-likeness (QED) is 0.418. The molecule has 2 heterocycles. The predicted octanol–water partition coefficient (Wildman–Crippen LogP) is 5.82. The normalized spacial score (nSPS) is 15.2. The molecule has 0 aliphatic carbocycles. The predicted molar refractivity (Wildman–Crippen MR) is 138 cm³/mol. The van der Waals surface area contributed by atoms with Gasteiger partial charge in [0.15, 0.2) is 0 Å². The van der Waals surface area contributed by atoms with Crippen LogP contribution in [0, 0.1) is 11.7 Å². The third kappa shape index (κ3) is 6.50. The highest BCUT2D eigenvalue weighted by Gasteiger charge is 2.22. The van der Waals surface area contributed by atoms with Crippen LogP contribution in [0.4, 0.5) is 10.2 Å². The third-order valence-electron chi connectivity index (χ3n) is 6.85. The van der Waals surface area contributed by atoms with E-state index in [2.05, 4.69) is 35.3 Å². The minimum Gasteiger partial charge on any atom is -0.378 e. The molecule has 5 nitrogen and oxygen atoms in total. The second-order valence-electron chi connectivity index (χ2n) is 9.47. The summed E-state index contributed by atoms with van der Waals surface area (Å²) in [5.74, 6) is 1.26. The molecule has 1 aliphatic heterocycles. The van der Waals surface area contributed by atoms with Crippen LogP contribution in [-0.2, 0) is 0 Å². The Morgan fingerprint density at radius 2 is 1.94 bits per heavy atom. The van der Waals surface area contributed by atoms with Crippen molar-refractivity contribution in [2.75, 3.05) is 45.7 Å². The van der Waals surface area contributed by atoms with Gasteiger partial charge >= 0.3 is 0 Å². The van der Waals surface area contributed by atoms with E-state index in [0.717, 1.165) is 56.0 Å². The van der Waals surface area contributed by atoms with Crippen LogP contribution < -0.4 is 4.90 Å². The lowest BCUT2D eigenvalue weighted by Crippen LogP contribution is -2.34. The molecule has 184 valence electrons. The number of piperidine rings is 1. The van der Waals surface area contributed by atoms with Crippen LogP contribution in [0.25, 0.3) is 0 Å². The van der Waals surface area contributed by atoms with E-state index < -0.39 is 0 Å². The molecule has 0 spiro atoms. The molecule has 1 fully saturated rings. The van der Waals surface area contributed by atoms with Crippen molar-refractivity contribution in [1.82, 2.24) is 14.8 Å². The average Bonchev–Trinajstić information content (AvgIpc) is 2.83. The number of allylic oxidation sites excluding steroid dienone is 1. The van der Waals surface area contributed by atoms with E-state index in [1.807, 2.05) is 12.1 Å². The Morgan fingerprint density at radius 3 is 2.56 bits per heavy atom. The number of carbonyl (C=O) groups is 1. The molecular weight excluding hydrogens is 451 g/mol. The lowest BCUT2D eigenvalue weighted by molar-refractivity contribution is 0.0827. The molecule has 0 saturated carbocycles. The zero-order valence-electron chi connectivity index (χ0n) is 20.7. The Labute approximate surface area is 208 Å². The van der Waals surface area contributed by atoms with Gasteiger partial charge in [-0.2, -0.15) is 0 Å². The summed E-state index contributed by atoms with van der Waals surface area (Å²) in [6.45, 7) is 9.15. The summed E-state index contributed by atoms with van der Waals surface area (Å²) < 4.78 is 13.6. The van der Waals surface area contributed by atoms with Gasteiger partial charge in [0.05, 0.1) is 5.56 Å². The van der Waals surface area contributed by atoms with Crippen molar-refractivity contribution in [1.29, 1.82) is 0 Å². The number of hydrogen-bond donors (Lipinski definition) is 0. The largest absolute Gasteiger partial charge is 0.378 e. The fraction of sp³-hybridized carbons (Fsp3) is 0.481. The van der Waals surface area contributed by atoms with Crippen molar-refractivity contribution in [3.63, 3.8) is 0 Å². The van der Waals surface area contributed by atoms with Crippen LogP contribution in [0.3, 0.4) is 0 Å². The van der Waals surface area contributed by atoms with Crippen molar-refractivity contribution in [3.8, 4) is 0 Å². The van der Waals surface area contributed by atoms with E-state index >= 15 is 0 Å². The molecule has 1 unspecified atom stereocenters. The van der Waals surface area contributed by atoms with Crippen molar-refractivity contribution in [2.45, 2.75) is 38.5 Å². The average molecular weight is 487 g/mol. The number of aromatic nitrogens is 1. The number of amides is 1. The Morgan fingerprint density at radius 1 is 1.24 bits per heavy atom. The fourth-order valence-corrected chi connectivity index (χ4v) is 4.74. The minimum atomic E-state index is -0.207. The number of hydrogen-bond acceptors (Lipinski definition) is 4. The Hall–Kier alpha value is -2.60. The molecule has 0 N–H and O–H groups in total. The summed E-state index contributed by atoms with van der Waals surface area (Å²) in [4.78, 5) is 22.6. The summed E-state index contributed by atoms with van der Waals surface area (Å²) in [6, 6.07) is 10.4. The van der Waals surface area contributed by atoms with Gasteiger partial charge in [-0.25, -0.2) is 9.37 Å². The van der Waals surface area contributed by atoms with Crippen molar-refractivity contribution in [3.05, 3.63) is 70.8 Å². The molecule has 1 aromatic heterocycles. The van der Waals surface area contributed by atoms with Gasteiger partial charge in [-0.05, 0) is 61.4 Å². The molecular formula is C27H36ClFN4O. The van der Waals surface area contributed by atoms with E-state index in [1.165, 1.54) is 17.4 Å². The summed E-state index contributed by atoms with van der Waals surface area (Å²) in [7, 11) is 5.48. The van der Waals surface area contributed by atoms with Gasteiger partial charge in [0.2, 0.25) is 0 Å². The first-order valence-corrected chi connectivity index (χ1v) is 12.3. The maximum absolute atomic E-state index is 13.6. The highest BCUT2D eigenvalue weighted by atomic mass is 35.5. The number of rotatable bonds is 9. The Balaban J connectivity index is 1.43. The number of halogens is 2. The van der Waals surface area contributed by atoms with Gasteiger partial charge in [-0.1, -0.05) is 37.2 Å². The molecule has 0 bridgehead atoms. The van der Waals surface area contributed by atoms with Gasteiger partial charge in [0.25, 0.3) is 5.91 Å². The van der Waals surface area contributed by atoms with E-state index in [9.17, 15) is 9.18 Å². The highest BCUT2D eigenvalue weighted by Crippen LogP contribution is 2.29. The molecule has 1 aromatic carbocycles. The Kier molecular flexibility index (Phi) is 8.95. The van der Waals surface area contributed by atoms with Crippen molar-refractivity contribution >= 4 is 23.3 Å². The van der Waals surface area contributed by atoms with Crippen LogP contribution in [0.15, 0.2) is 48.7 Å². The second kappa shape index (κ2) is 11.7. The third-order valence-corrected chi connectivity index (χ3v) is 7.14. The van der Waals surface area contributed by atoms with Gasteiger partial charge in [-0.15, -0.1) is 0 Å². The van der Waals surface area contributed by atoms with Crippen LogP contribution in [0.2, 0.25) is 5.15 Å². The first-order chi connectivity index (χ1) is 16.2. The number of likely N-dealkylation sites (N-methyl/N-ethyl adjacent to an activating group) is 1. The lowest BCUT2D eigenvalue weighted by Gasteiger charge is -2.33. The highest BCUT2D eigenvalue weighted by molar-refractivity contribution is 6.32. The maximum Gasteiger partial charge on any atom is 0.256 e. The van der Waals surface area contributed by atoms with E-state index in [4.69, 9.17) is 11.6 Å². The summed E-state index contributed by atoms with van der Waals surface area (Å²) >= 11 is 6.29. The van der Waals surface area contributed by atoms with Gasteiger partial charge in [-0.3, -0.25) is 4.79 Å². The number of benzene rings is 1. The SMILES string of the molecule is C=C(C(C)c1cccc(F)c1)N(C)CCCC1CCN(c2ccc(C(=O)N(C)C)c(Cl)n2)CC1. The van der Waals surface area contributed by atoms with E-state index in [0.29, 0.717) is 11.5 Å². The molecule has 3 rings (SSSR count). The zero-order chi connectivity index (χ0) is 24.8. The number of pyridine rings is 1. The second-order valence-corrected chi connectivity index (χ2v) is 9.83. The summed E-state index contributed by atoms with van der Waals surface area (Å²) in [5.41, 5.74) is 2.40. The maximum atomic E-state index is 13.6. The molecule has 1 aliphatic rings. The molecule has 1 saturated heterocycles. The van der Waals surface area contributed by atoms with Gasteiger partial charge < -0.3 is 14.7 Å². The molecule has 34 heavy (non-hydrogen) atoms. The van der Waals surface area contributed by atoms with Crippen molar-refractivity contribution < 1.29 is 9.18 Å². The molecule has 1 atom stereocenters. The lowest BCUT2D eigenvalue weighted by atomic mass is 9.92.